The molecule has 3 N–H and O–H groups in total. The number of Topliss-reactive ketones (excluding diaryl/α,β-unsaturated/α-hetero) is 1. The summed E-state index contributed by atoms with van der Waals surface area (Å²) < 4.78 is 0. The predicted molar refractivity (Wildman–Crippen MR) is 57.5 cm³/mol. The zero-order valence-corrected chi connectivity index (χ0v) is 8.22. The van der Waals surface area contributed by atoms with Crippen LogP contribution in [0.25, 0.3) is 10.9 Å². The molecule has 0 aliphatic carbocycles. The second-order valence-corrected chi connectivity index (χ2v) is 3.45. The topological polar surface area (TPSA) is 58.9 Å². The number of ketones is 1. The number of nitrogens with one attached hydrogen (secondary N) is 1. The third kappa shape index (κ3) is 1.09. The van der Waals surface area contributed by atoms with Crippen molar-refractivity contribution in [2.24, 2.45) is 0 Å². The lowest BCUT2D eigenvalue weighted by molar-refractivity contribution is 0.101. The molecule has 2 rings (SSSR count). The molecule has 14 heavy (non-hydrogen) atoms. The number of aromatic amines is 1. The molecule has 0 saturated carbocycles. The molecular formula is C11H12N2O. The average Bonchev–Trinajstić information content (AvgIpc) is 2.46. The summed E-state index contributed by atoms with van der Waals surface area (Å²) in [7, 11) is 0. The Morgan fingerprint density at radius 2 is 2.14 bits per heavy atom. The molecule has 0 fully saturated rings. The molecule has 1 aromatic carbocycles. The quantitative estimate of drug-likeness (QED) is 0.532. The van der Waals surface area contributed by atoms with E-state index in [1.807, 2.05) is 25.1 Å². The number of anilines is 1. The van der Waals surface area contributed by atoms with Crippen molar-refractivity contribution in [1.82, 2.24) is 4.98 Å². The van der Waals surface area contributed by atoms with Crippen molar-refractivity contribution in [3.63, 3.8) is 0 Å². The Morgan fingerprint density at radius 3 is 2.71 bits per heavy atom. The van der Waals surface area contributed by atoms with Crippen LogP contribution in [-0.4, -0.2) is 10.8 Å². The smallest absolute Gasteiger partial charge is 0.176 e. The number of benzene rings is 1. The molecule has 0 bridgehead atoms. The van der Waals surface area contributed by atoms with Crippen molar-refractivity contribution in [3.05, 3.63) is 29.5 Å². The van der Waals surface area contributed by atoms with E-state index in [0.717, 1.165) is 16.5 Å². The van der Waals surface area contributed by atoms with Gasteiger partial charge in [0.15, 0.2) is 5.78 Å². The van der Waals surface area contributed by atoms with Gasteiger partial charge in [0.25, 0.3) is 0 Å². The van der Waals surface area contributed by atoms with Gasteiger partial charge in [-0.25, -0.2) is 0 Å². The maximum Gasteiger partial charge on any atom is 0.176 e. The number of hydrogen-bond acceptors (Lipinski definition) is 2. The molecule has 0 atom stereocenters. The van der Waals surface area contributed by atoms with E-state index in [1.165, 1.54) is 0 Å². The minimum atomic E-state index is 0.0399. The summed E-state index contributed by atoms with van der Waals surface area (Å²) >= 11 is 0. The normalized spacial score (nSPS) is 10.7. The van der Waals surface area contributed by atoms with Gasteiger partial charge in [0.05, 0.1) is 16.9 Å². The summed E-state index contributed by atoms with van der Waals surface area (Å²) in [6.07, 6.45) is 0. The van der Waals surface area contributed by atoms with Gasteiger partial charge in [-0.15, -0.1) is 0 Å². The van der Waals surface area contributed by atoms with Gasteiger partial charge in [0.1, 0.15) is 0 Å². The molecular weight excluding hydrogens is 176 g/mol. The van der Waals surface area contributed by atoms with Crippen LogP contribution in [0.1, 0.15) is 23.0 Å². The average molecular weight is 188 g/mol. The third-order valence-electron chi connectivity index (χ3n) is 2.48. The first kappa shape index (κ1) is 8.81. The number of rotatable bonds is 1. The van der Waals surface area contributed by atoms with E-state index in [0.29, 0.717) is 11.4 Å². The van der Waals surface area contributed by atoms with Crippen LogP contribution in [0.2, 0.25) is 0 Å². The molecule has 3 nitrogen and oxygen atoms in total. The lowest BCUT2D eigenvalue weighted by atomic mass is 10.1. The number of hydrogen-bond donors (Lipinski definition) is 2. The molecule has 2 aromatic rings. The molecule has 0 amide bonds. The molecule has 0 unspecified atom stereocenters. The molecule has 72 valence electrons. The molecule has 0 radical (unpaired) electrons. The molecule has 3 heteroatoms. The van der Waals surface area contributed by atoms with Crippen LogP contribution in [0.4, 0.5) is 5.69 Å². The minimum absolute atomic E-state index is 0.0399. The second-order valence-electron chi connectivity index (χ2n) is 3.45. The third-order valence-corrected chi connectivity index (χ3v) is 2.48. The first-order valence-corrected chi connectivity index (χ1v) is 4.49. The van der Waals surface area contributed by atoms with Gasteiger partial charge in [0.2, 0.25) is 0 Å². The van der Waals surface area contributed by atoms with Crippen molar-refractivity contribution in [2.45, 2.75) is 13.8 Å². The molecule has 1 heterocycles. The summed E-state index contributed by atoms with van der Waals surface area (Å²) in [6, 6.07) is 5.68. The Bertz CT molecular complexity index is 511. The van der Waals surface area contributed by atoms with E-state index >= 15 is 0 Å². The van der Waals surface area contributed by atoms with Crippen molar-refractivity contribution in [2.75, 3.05) is 5.73 Å². The second kappa shape index (κ2) is 2.87. The zero-order valence-electron chi connectivity index (χ0n) is 8.22. The number of para-hydroxylation sites is 1. The number of aryl methyl sites for hydroxylation is 1. The van der Waals surface area contributed by atoms with Gasteiger partial charge in [-0.05, 0) is 18.6 Å². The van der Waals surface area contributed by atoms with Crippen LogP contribution in [0.15, 0.2) is 18.2 Å². The standard InChI is InChI=1S/C11H12N2O/c1-6-8-4-3-5-9(12)11(8)13-10(6)7(2)14/h3-5,13H,12H2,1-2H3. The van der Waals surface area contributed by atoms with Gasteiger partial charge in [-0.3, -0.25) is 4.79 Å². The van der Waals surface area contributed by atoms with Crippen LogP contribution < -0.4 is 5.73 Å². The van der Waals surface area contributed by atoms with E-state index in [9.17, 15) is 4.79 Å². The minimum Gasteiger partial charge on any atom is -0.397 e. The molecule has 1 aromatic heterocycles. The number of nitrogen functional groups attached to an aromatic ring is 1. The van der Waals surface area contributed by atoms with E-state index in [1.54, 1.807) is 6.92 Å². The molecule has 0 saturated heterocycles. The first-order chi connectivity index (χ1) is 6.61. The summed E-state index contributed by atoms with van der Waals surface area (Å²) in [4.78, 5) is 14.3. The van der Waals surface area contributed by atoms with Crippen molar-refractivity contribution >= 4 is 22.4 Å². The Kier molecular flexibility index (Phi) is 1.81. The first-order valence-electron chi connectivity index (χ1n) is 4.49. The maximum atomic E-state index is 11.3. The number of aromatic nitrogens is 1. The van der Waals surface area contributed by atoms with Crippen LogP contribution >= 0.6 is 0 Å². The summed E-state index contributed by atoms with van der Waals surface area (Å²) in [5.41, 5.74) is 8.95. The van der Waals surface area contributed by atoms with E-state index < -0.39 is 0 Å². The number of carbonyl (C=O) groups is 1. The van der Waals surface area contributed by atoms with Crippen molar-refractivity contribution in [3.8, 4) is 0 Å². The fraction of sp³-hybridized carbons (Fsp3) is 0.182. The van der Waals surface area contributed by atoms with Gasteiger partial charge in [-0.1, -0.05) is 12.1 Å². The number of H-pyrrole nitrogens is 1. The molecule has 0 spiro atoms. The zero-order chi connectivity index (χ0) is 10.3. The fourth-order valence-corrected chi connectivity index (χ4v) is 1.73. The summed E-state index contributed by atoms with van der Waals surface area (Å²) in [5, 5.41) is 1.02. The highest BCUT2D eigenvalue weighted by molar-refractivity contribution is 6.03. The van der Waals surface area contributed by atoms with E-state index in [4.69, 9.17) is 5.73 Å². The monoisotopic (exact) mass is 188 g/mol. The number of nitrogens with two attached hydrogens (primary N) is 1. The van der Waals surface area contributed by atoms with E-state index in [-0.39, 0.29) is 5.78 Å². The van der Waals surface area contributed by atoms with Gasteiger partial charge < -0.3 is 10.7 Å². The molecule has 0 aliphatic heterocycles. The maximum absolute atomic E-state index is 11.3. The largest absolute Gasteiger partial charge is 0.397 e. The van der Waals surface area contributed by atoms with Gasteiger partial charge in [-0.2, -0.15) is 0 Å². The Labute approximate surface area is 81.9 Å². The lowest BCUT2D eigenvalue weighted by Crippen LogP contribution is -1.94. The fourth-order valence-electron chi connectivity index (χ4n) is 1.73. The number of fused-ring (bicyclic) bond motifs is 1. The Hall–Kier alpha value is -1.77. The number of carbonyl (C=O) groups excluding carboxylic acids is 1. The van der Waals surface area contributed by atoms with Crippen molar-refractivity contribution < 1.29 is 4.79 Å². The van der Waals surface area contributed by atoms with Crippen LogP contribution in [0, 0.1) is 6.92 Å². The Morgan fingerprint density at radius 1 is 1.43 bits per heavy atom. The predicted octanol–water partition coefficient (Wildman–Crippen LogP) is 2.26. The van der Waals surface area contributed by atoms with Crippen LogP contribution in [0.3, 0.4) is 0 Å². The highest BCUT2D eigenvalue weighted by atomic mass is 16.1. The van der Waals surface area contributed by atoms with Crippen LogP contribution in [-0.2, 0) is 0 Å². The van der Waals surface area contributed by atoms with Gasteiger partial charge >= 0.3 is 0 Å². The highest BCUT2D eigenvalue weighted by Gasteiger charge is 2.11. The molecule has 0 aliphatic rings. The van der Waals surface area contributed by atoms with E-state index in [2.05, 4.69) is 4.98 Å². The summed E-state index contributed by atoms with van der Waals surface area (Å²) in [5.74, 6) is 0.0399. The SMILES string of the molecule is CC(=O)c1[nH]c2c(N)cccc2c1C. The van der Waals surface area contributed by atoms with Crippen molar-refractivity contribution in [1.29, 1.82) is 0 Å². The van der Waals surface area contributed by atoms with Crippen LogP contribution in [0.5, 0.6) is 0 Å². The summed E-state index contributed by atoms with van der Waals surface area (Å²) in [6.45, 7) is 3.48. The van der Waals surface area contributed by atoms with Gasteiger partial charge in [0, 0.05) is 12.3 Å². The lowest BCUT2D eigenvalue weighted by Gasteiger charge is -1.94. The Balaban J connectivity index is 2.86. The highest BCUT2D eigenvalue weighted by Crippen LogP contribution is 2.25.